The second-order valence-corrected chi connectivity index (χ2v) is 5.08. The van der Waals surface area contributed by atoms with Gasteiger partial charge in [0.05, 0.1) is 0 Å². The molecule has 2 rings (SSSR count). The predicted octanol–water partition coefficient (Wildman–Crippen LogP) is 2.82. The van der Waals surface area contributed by atoms with Gasteiger partial charge in [-0.1, -0.05) is 30.2 Å². The van der Waals surface area contributed by atoms with Gasteiger partial charge in [-0.2, -0.15) is 0 Å². The highest BCUT2D eigenvalue weighted by atomic mass is 35.5. The van der Waals surface area contributed by atoms with Crippen LogP contribution in [0.15, 0.2) is 24.3 Å². The van der Waals surface area contributed by atoms with Gasteiger partial charge in [0.1, 0.15) is 0 Å². The van der Waals surface area contributed by atoms with Gasteiger partial charge in [-0.3, -0.25) is 4.90 Å². The summed E-state index contributed by atoms with van der Waals surface area (Å²) in [6, 6.07) is 8.59. The van der Waals surface area contributed by atoms with Crippen LogP contribution in [0.1, 0.15) is 30.9 Å². The molecular formula is C13H19ClN2. The van der Waals surface area contributed by atoms with Crippen LogP contribution >= 0.6 is 11.6 Å². The highest BCUT2D eigenvalue weighted by Gasteiger charge is 2.26. The maximum Gasteiger partial charge on any atom is 0.0496 e. The van der Waals surface area contributed by atoms with Crippen LogP contribution in [0, 0.1) is 0 Å². The normalized spacial score (nSPS) is 27.7. The van der Waals surface area contributed by atoms with Crippen LogP contribution in [0.5, 0.6) is 0 Å². The third-order valence-electron chi connectivity index (χ3n) is 3.37. The number of nitrogens with zero attached hydrogens (tertiary/aromatic N) is 1. The maximum absolute atomic E-state index is 6.27. The number of rotatable bonds is 1. The van der Waals surface area contributed by atoms with Crippen LogP contribution < -0.4 is 5.73 Å². The fraction of sp³-hybridized carbons (Fsp3) is 0.538. The Morgan fingerprint density at radius 1 is 1.38 bits per heavy atom. The lowest BCUT2D eigenvalue weighted by Crippen LogP contribution is -2.37. The van der Waals surface area contributed by atoms with Gasteiger partial charge in [-0.15, -0.1) is 0 Å². The molecule has 1 aliphatic heterocycles. The van der Waals surface area contributed by atoms with E-state index in [-0.39, 0.29) is 6.04 Å². The summed E-state index contributed by atoms with van der Waals surface area (Å²) < 4.78 is 0. The number of likely N-dealkylation sites (N-methyl/N-ethyl adjacent to an activating group) is 1. The van der Waals surface area contributed by atoms with E-state index < -0.39 is 0 Å². The fourth-order valence-corrected chi connectivity index (χ4v) is 2.76. The first-order valence-electron chi connectivity index (χ1n) is 5.90. The van der Waals surface area contributed by atoms with Crippen molar-refractivity contribution < 1.29 is 0 Å². The lowest BCUT2D eigenvalue weighted by atomic mass is 9.97. The quantitative estimate of drug-likeness (QED) is 0.815. The molecule has 1 heterocycles. The molecule has 0 spiro atoms. The molecule has 3 heteroatoms. The second-order valence-electron chi connectivity index (χ2n) is 4.64. The largest absolute Gasteiger partial charge is 0.326 e. The van der Waals surface area contributed by atoms with Gasteiger partial charge < -0.3 is 5.73 Å². The summed E-state index contributed by atoms with van der Waals surface area (Å²) in [7, 11) is 2.15. The first-order valence-corrected chi connectivity index (χ1v) is 6.27. The van der Waals surface area contributed by atoms with Gasteiger partial charge in [-0.25, -0.2) is 0 Å². The number of halogens is 1. The minimum Gasteiger partial charge on any atom is -0.326 e. The van der Waals surface area contributed by atoms with E-state index in [1.807, 2.05) is 18.2 Å². The van der Waals surface area contributed by atoms with Crippen molar-refractivity contribution in [1.82, 2.24) is 4.90 Å². The summed E-state index contributed by atoms with van der Waals surface area (Å²) in [5, 5.41) is 0.794. The Kier molecular flexibility index (Phi) is 3.85. The zero-order valence-electron chi connectivity index (χ0n) is 9.70. The third kappa shape index (κ3) is 2.57. The van der Waals surface area contributed by atoms with Gasteiger partial charge in [0.2, 0.25) is 0 Å². The van der Waals surface area contributed by atoms with Crippen molar-refractivity contribution in [2.45, 2.75) is 31.3 Å². The van der Waals surface area contributed by atoms with Crippen LogP contribution in [0.25, 0.3) is 0 Å². The Hall–Kier alpha value is -0.570. The number of nitrogens with two attached hydrogens (primary N) is 1. The molecule has 0 radical (unpaired) electrons. The molecule has 1 fully saturated rings. The second kappa shape index (κ2) is 5.17. The summed E-state index contributed by atoms with van der Waals surface area (Å²) in [6.45, 7) is 1.12. The summed E-state index contributed by atoms with van der Waals surface area (Å²) in [6.07, 6.45) is 3.56. The van der Waals surface area contributed by atoms with Gasteiger partial charge in [-0.05, 0) is 44.1 Å². The molecule has 1 aliphatic rings. The summed E-state index contributed by atoms with van der Waals surface area (Å²) >= 11 is 6.04. The van der Waals surface area contributed by atoms with Gasteiger partial charge in [0.25, 0.3) is 0 Å². The molecule has 1 saturated heterocycles. The predicted molar refractivity (Wildman–Crippen MR) is 68.6 cm³/mol. The molecule has 88 valence electrons. The van der Waals surface area contributed by atoms with E-state index in [0.29, 0.717) is 6.04 Å². The zero-order valence-corrected chi connectivity index (χ0v) is 10.5. The van der Waals surface area contributed by atoms with Gasteiger partial charge >= 0.3 is 0 Å². The van der Waals surface area contributed by atoms with Crippen molar-refractivity contribution in [2.24, 2.45) is 5.73 Å². The molecule has 0 aromatic heterocycles. The number of hydrogen-bond acceptors (Lipinski definition) is 2. The lowest BCUT2D eigenvalue weighted by Gasteiger charge is -2.30. The van der Waals surface area contributed by atoms with E-state index in [1.54, 1.807) is 0 Å². The van der Waals surface area contributed by atoms with Crippen LogP contribution in [-0.4, -0.2) is 24.5 Å². The minimum atomic E-state index is 0.214. The van der Waals surface area contributed by atoms with Crippen molar-refractivity contribution >= 4 is 11.6 Å². The SMILES string of the molecule is CN1CCCCC(N)C1c1cccc(Cl)c1. The third-order valence-corrected chi connectivity index (χ3v) is 3.60. The summed E-state index contributed by atoms with van der Waals surface area (Å²) in [5.41, 5.74) is 7.51. The molecule has 2 atom stereocenters. The van der Waals surface area contributed by atoms with E-state index in [0.717, 1.165) is 18.0 Å². The molecular weight excluding hydrogens is 220 g/mol. The standard InChI is InChI=1S/C13H19ClN2/c1-16-8-3-2-7-12(15)13(16)10-5-4-6-11(14)9-10/h4-6,9,12-13H,2-3,7-8,15H2,1H3. The average molecular weight is 239 g/mol. The van der Waals surface area contributed by atoms with Gasteiger partial charge in [0, 0.05) is 17.1 Å². The number of benzene rings is 1. The van der Waals surface area contributed by atoms with E-state index in [1.165, 1.54) is 18.4 Å². The molecule has 2 N–H and O–H groups in total. The van der Waals surface area contributed by atoms with Crippen LogP contribution in [0.2, 0.25) is 5.02 Å². The highest BCUT2D eigenvalue weighted by molar-refractivity contribution is 6.30. The summed E-state index contributed by atoms with van der Waals surface area (Å²) in [4.78, 5) is 2.35. The molecule has 1 aromatic rings. The zero-order chi connectivity index (χ0) is 11.5. The Morgan fingerprint density at radius 3 is 2.94 bits per heavy atom. The highest BCUT2D eigenvalue weighted by Crippen LogP contribution is 2.29. The van der Waals surface area contributed by atoms with Crippen LogP contribution in [-0.2, 0) is 0 Å². The van der Waals surface area contributed by atoms with Crippen molar-refractivity contribution in [3.05, 3.63) is 34.9 Å². The Labute approximate surface area is 102 Å². The van der Waals surface area contributed by atoms with Crippen molar-refractivity contribution in [1.29, 1.82) is 0 Å². The lowest BCUT2D eigenvalue weighted by molar-refractivity contribution is 0.230. The van der Waals surface area contributed by atoms with Crippen molar-refractivity contribution in [3.63, 3.8) is 0 Å². The van der Waals surface area contributed by atoms with Crippen molar-refractivity contribution in [2.75, 3.05) is 13.6 Å². The van der Waals surface area contributed by atoms with E-state index >= 15 is 0 Å². The fourth-order valence-electron chi connectivity index (χ4n) is 2.56. The molecule has 2 nitrogen and oxygen atoms in total. The van der Waals surface area contributed by atoms with Gasteiger partial charge in [0.15, 0.2) is 0 Å². The van der Waals surface area contributed by atoms with E-state index in [4.69, 9.17) is 17.3 Å². The molecule has 1 aromatic carbocycles. The Morgan fingerprint density at radius 2 is 2.19 bits per heavy atom. The smallest absolute Gasteiger partial charge is 0.0496 e. The molecule has 0 amide bonds. The van der Waals surface area contributed by atoms with E-state index in [9.17, 15) is 0 Å². The molecule has 0 saturated carbocycles. The van der Waals surface area contributed by atoms with E-state index in [2.05, 4.69) is 18.0 Å². The maximum atomic E-state index is 6.27. The topological polar surface area (TPSA) is 29.3 Å². The van der Waals surface area contributed by atoms with Crippen LogP contribution in [0.4, 0.5) is 0 Å². The average Bonchev–Trinajstić information content (AvgIpc) is 2.40. The summed E-state index contributed by atoms with van der Waals surface area (Å²) in [5.74, 6) is 0. The molecule has 2 unspecified atom stereocenters. The minimum absolute atomic E-state index is 0.214. The first kappa shape index (κ1) is 11.9. The molecule has 16 heavy (non-hydrogen) atoms. The van der Waals surface area contributed by atoms with Crippen LogP contribution in [0.3, 0.4) is 0 Å². The molecule has 0 aliphatic carbocycles. The monoisotopic (exact) mass is 238 g/mol. The van der Waals surface area contributed by atoms with Crippen molar-refractivity contribution in [3.8, 4) is 0 Å². The number of likely N-dealkylation sites (tertiary alicyclic amines) is 1. The Bertz CT molecular complexity index is 342. The Balaban J connectivity index is 2.28. The first-order chi connectivity index (χ1) is 7.68. The molecule has 0 bridgehead atoms. The number of hydrogen-bond donors (Lipinski definition) is 1.